The summed E-state index contributed by atoms with van der Waals surface area (Å²) in [5, 5.41) is 18.1. The first-order valence-electron chi connectivity index (χ1n) is 6.22. The summed E-state index contributed by atoms with van der Waals surface area (Å²) < 4.78 is 9.99. The Balaban J connectivity index is 2.78. The molecule has 22 heavy (non-hydrogen) atoms. The Hall–Kier alpha value is -3.38. The Kier molecular flexibility index (Phi) is 4.36. The molecule has 2 aromatic rings. The molecule has 0 spiro atoms. The summed E-state index contributed by atoms with van der Waals surface area (Å²) in [5.41, 5.74) is 1.40. The van der Waals surface area contributed by atoms with Gasteiger partial charge in [0, 0.05) is 5.56 Å². The van der Waals surface area contributed by atoms with Crippen LogP contribution in [0.25, 0.3) is 11.3 Å². The molecule has 0 atom stereocenters. The molecule has 0 saturated heterocycles. The Labute approximate surface area is 127 Å². The van der Waals surface area contributed by atoms with Crippen molar-refractivity contribution in [2.24, 2.45) is 0 Å². The molecule has 0 radical (unpaired) electrons. The molecule has 0 saturated carbocycles. The molecule has 2 rings (SSSR count). The average Bonchev–Trinajstić information content (AvgIpc) is 2.59. The number of nitriles is 2. The molecule has 1 aromatic heterocycles. The van der Waals surface area contributed by atoms with Gasteiger partial charge in [0.1, 0.15) is 17.5 Å². The molecule has 1 aromatic carbocycles. The number of esters is 1. The standard InChI is InChI=1S/C16H11N3O3/c1-21-14-6-3-10(8-17)7-13(14)15-12(16(20)22-2)5-4-11(9-18)19-15/h3-7H,1-2H3. The highest BCUT2D eigenvalue weighted by Crippen LogP contribution is 2.32. The van der Waals surface area contributed by atoms with Crippen LogP contribution in [0.3, 0.4) is 0 Å². The minimum Gasteiger partial charge on any atom is -0.496 e. The molecule has 6 heteroatoms. The number of ether oxygens (including phenoxy) is 2. The monoisotopic (exact) mass is 293 g/mol. The molecule has 0 N–H and O–H groups in total. The second-order valence-electron chi connectivity index (χ2n) is 4.22. The van der Waals surface area contributed by atoms with E-state index >= 15 is 0 Å². The van der Waals surface area contributed by atoms with Crippen molar-refractivity contribution in [2.45, 2.75) is 0 Å². The SMILES string of the molecule is COC(=O)c1ccc(C#N)nc1-c1cc(C#N)ccc1OC. The number of rotatable bonds is 3. The quantitative estimate of drug-likeness (QED) is 0.805. The van der Waals surface area contributed by atoms with Crippen LogP contribution in [-0.4, -0.2) is 25.2 Å². The molecule has 6 nitrogen and oxygen atoms in total. The fourth-order valence-corrected chi connectivity index (χ4v) is 1.96. The van der Waals surface area contributed by atoms with Crippen molar-refractivity contribution in [3.63, 3.8) is 0 Å². The fourth-order valence-electron chi connectivity index (χ4n) is 1.96. The van der Waals surface area contributed by atoms with Crippen molar-refractivity contribution in [3.8, 4) is 29.1 Å². The molecule has 0 aliphatic heterocycles. The van der Waals surface area contributed by atoms with Gasteiger partial charge in [-0.15, -0.1) is 0 Å². The zero-order valence-electron chi connectivity index (χ0n) is 12.0. The Morgan fingerprint density at radius 1 is 1.14 bits per heavy atom. The van der Waals surface area contributed by atoms with Gasteiger partial charge in [-0.2, -0.15) is 10.5 Å². The zero-order valence-corrected chi connectivity index (χ0v) is 12.0. The van der Waals surface area contributed by atoms with E-state index in [1.807, 2.05) is 12.1 Å². The highest BCUT2D eigenvalue weighted by atomic mass is 16.5. The molecule has 0 aliphatic carbocycles. The van der Waals surface area contributed by atoms with Crippen LogP contribution in [-0.2, 0) is 4.74 Å². The number of hydrogen-bond donors (Lipinski definition) is 0. The van der Waals surface area contributed by atoms with Gasteiger partial charge in [-0.3, -0.25) is 0 Å². The van der Waals surface area contributed by atoms with Gasteiger partial charge in [0.15, 0.2) is 0 Å². The lowest BCUT2D eigenvalue weighted by molar-refractivity contribution is 0.0601. The van der Waals surface area contributed by atoms with Crippen LogP contribution in [0.2, 0.25) is 0 Å². The number of carbonyl (C=O) groups is 1. The normalized spacial score (nSPS) is 9.45. The van der Waals surface area contributed by atoms with Crippen LogP contribution in [0, 0.1) is 22.7 Å². The minimum atomic E-state index is -0.587. The topological polar surface area (TPSA) is 96.0 Å². The van der Waals surface area contributed by atoms with E-state index < -0.39 is 5.97 Å². The number of pyridine rings is 1. The Morgan fingerprint density at radius 3 is 2.50 bits per heavy atom. The van der Waals surface area contributed by atoms with Gasteiger partial charge in [-0.1, -0.05) is 0 Å². The van der Waals surface area contributed by atoms with E-state index in [2.05, 4.69) is 4.98 Å². The summed E-state index contributed by atoms with van der Waals surface area (Å²) in [7, 11) is 2.73. The van der Waals surface area contributed by atoms with Crippen molar-refractivity contribution < 1.29 is 14.3 Å². The van der Waals surface area contributed by atoms with Crippen molar-refractivity contribution in [2.75, 3.05) is 14.2 Å². The summed E-state index contributed by atoms with van der Waals surface area (Å²) in [6, 6.07) is 11.6. The summed E-state index contributed by atoms with van der Waals surface area (Å²) in [4.78, 5) is 16.1. The van der Waals surface area contributed by atoms with Crippen LogP contribution < -0.4 is 4.74 Å². The summed E-state index contributed by atoms with van der Waals surface area (Å²) >= 11 is 0. The molecule has 0 bridgehead atoms. The number of carbonyl (C=O) groups excluding carboxylic acids is 1. The van der Waals surface area contributed by atoms with Gasteiger partial charge in [0.25, 0.3) is 0 Å². The van der Waals surface area contributed by atoms with Crippen molar-refractivity contribution >= 4 is 5.97 Å². The molecule has 108 valence electrons. The second-order valence-corrected chi connectivity index (χ2v) is 4.22. The molecular formula is C16H11N3O3. The molecule has 0 amide bonds. The van der Waals surface area contributed by atoms with Gasteiger partial charge in [0.05, 0.1) is 37.1 Å². The molecule has 1 heterocycles. The third-order valence-corrected chi connectivity index (χ3v) is 3.00. The van der Waals surface area contributed by atoms with Crippen molar-refractivity contribution in [1.82, 2.24) is 4.98 Å². The fraction of sp³-hybridized carbons (Fsp3) is 0.125. The van der Waals surface area contributed by atoms with Crippen molar-refractivity contribution in [3.05, 3.63) is 47.2 Å². The second kappa shape index (κ2) is 6.38. The molecule has 0 aliphatic rings. The Bertz CT molecular complexity index is 816. The van der Waals surface area contributed by atoms with E-state index in [1.165, 1.54) is 26.4 Å². The number of hydrogen-bond acceptors (Lipinski definition) is 6. The summed E-state index contributed by atoms with van der Waals surface area (Å²) in [6.07, 6.45) is 0. The third-order valence-electron chi connectivity index (χ3n) is 3.00. The van der Waals surface area contributed by atoms with E-state index in [0.717, 1.165) is 0 Å². The van der Waals surface area contributed by atoms with Gasteiger partial charge in [-0.25, -0.2) is 9.78 Å². The minimum absolute atomic E-state index is 0.145. The average molecular weight is 293 g/mol. The lowest BCUT2D eigenvalue weighted by Gasteiger charge is -2.11. The number of benzene rings is 1. The van der Waals surface area contributed by atoms with E-state index in [0.29, 0.717) is 16.9 Å². The number of nitrogens with zero attached hydrogens (tertiary/aromatic N) is 3. The predicted octanol–water partition coefficient (Wildman–Crippen LogP) is 2.29. The van der Waals surface area contributed by atoms with E-state index in [9.17, 15) is 4.79 Å². The first-order chi connectivity index (χ1) is 10.6. The van der Waals surface area contributed by atoms with Crippen LogP contribution in [0.1, 0.15) is 21.6 Å². The van der Waals surface area contributed by atoms with Crippen molar-refractivity contribution in [1.29, 1.82) is 10.5 Å². The first-order valence-corrected chi connectivity index (χ1v) is 6.22. The Morgan fingerprint density at radius 2 is 1.91 bits per heavy atom. The smallest absolute Gasteiger partial charge is 0.340 e. The van der Waals surface area contributed by atoms with Crippen LogP contribution in [0.5, 0.6) is 5.75 Å². The first kappa shape index (κ1) is 15.0. The van der Waals surface area contributed by atoms with E-state index in [1.54, 1.807) is 18.2 Å². The highest BCUT2D eigenvalue weighted by Gasteiger charge is 2.19. The molecular weight excluding hydrogens is 282 g/mol. The van der Waals surface area contributed by atoms with Crippen LogP contribution in [0.4, 0.5) is 0 Å². The predicted molar refractivity (Wildman–Crippen MR) is 77.0 cm³/mol. The van der Waals surface area contributed by atoms with Gasteiger partial charge in [-0.05, 0) is 30.3 Å². The lowest BCUT2D eigenvalue weighted by atomic mass is 10.0. The van der Waals surface area contributed by atoms with Gasteiger partial charge < -0.3 is 9.47 Å². The maximum atomic E-state index is 11.9. The molecule has 0 fully saturated rings. The zero-order chi connectivity index (χ0) is 16.1. The largest absolute Gasteiger partial charge is 0.496 e. The molecule has 0 unspecified atom stereocenters. The number of aromatic nitrogens is 1. The summed E-state index contributed by atoms with van der Waals surface area (Å²) in [5.74, 6) is -0.150. The maximum absolute atomic E-state index is 11.9. The van der Waals surface area contributed by atoms with Gasteiger partial charge in [0.2, 0.25) is 0 Å². The van der Waals surface area contributed by atoms with E-state index in [-0.39, 0.29) is 17.0 Å². The number of methoxy groups -OCH3 is 2. The summed E-state index contributed by atoms with van der Waals surface area (Å²) in [6.45, 7) is 0. The third kappa shape index (κ3) is 2.72. The van der Waals surface area contributed by atoms with Gasteiger partial charge >= 0.3 is 5.97 Å². The van der Waals surface area contributed by atoms with Crippen LogP contribution in [0.15, 0.2) is 30.3 Å². The maximum Gasteiger partial charge on any atom is 0.340 e. The van der Waals surface area contributed by atoms with Crippen LogP contribution >= 0.6 is 0 Å². The lowest BCUT2D eigenvalue weighted by Crippen LogP contribution is -2.06. The highest BCUT2D eigenvalue weighted by molar-refractivity contribution is 5.97. The van der Waals surface area contributed by atoms with E-state index in [4.69, 9.17) is 20.0 Å².